The molecule has 0 aliphatic carbocycles. The highest BCUT2D eigenvalue weighted by Gasteiger charge is 2.23. The van der Waals surface area contributed by atoms with Crippen LogP contribution in [-0.2, 0) is 6.54 Å². The number of para-hydroxylation sites is 3. The molecule has 0 bridgehead atoms. The Morgan fingerprint density at radius 3 is 2.64 bits per heavy atom. The molecule has 6 nitrogen and oxygen atoms in total. The summed E-state index contributed by atoms with van der Waals surface area (Å²) in [6.07, 6.45) is 0. The van der Waals surface area contributed by atoms with Crippen LogP contribution in [0.4, 0.5) is 5.95 Å². The lowest BCUT2D eigenvalue weighted by Crippen LogP contribution is -2.27. The summed E-state index contributed by atoms with van der Waals surface area (Å²) in [5, 5.41) is 0.665. The molecule has 0 atom stereocenters. The minimum absolute atomic E-state index is 0.0220. The molecule has 2 heterocycles. The Labute approximate surface area is 145 Å². The van der Waals surface area contributed by atoms with Crippen LogP contribution < -0.4 is 19.9 Å². The van der Waals surface area contributed by atoms with E-state index >= 15 is 0 Å². The molecule has 0 saturated heterocycles. The molecule has 0 fully saturated rings. The Morgan fingerprint density at radius 1 is 1.04 bits per heavy atom. The summed E-state index contributed by atoms with van der Waals surface area (Å²) in [5.41, 5.74) is 0.755. The van der Waals surface area contributed by atoms with E-state index in [9.17, 15) is 4.79 Å². The van der Waals surface area contributed by atoms with Crippen LogP contribution in [0, 0.1) is 0 Å². The van der Waals surface area contributed by atoms with Crippen molar-refractivity contribution in [2.75, 3.05) is 31.7 Å². The first kappa shape index (κ1) is 15.5. The van der Waals surface area contributed by atoms with E-state index in [1.807, 2.05) is 48.5 Å². The maximum Gasteiger partial charge on any atom is 0.262 e. The third kappa shape index (κ3) is 2.80. The minimum atomic E-state index is 0.0220. The van der Waals surface area contributed by atoms with Gasteiger partial charge in [0.1, 0.15) is 6.61 Å². The van der Waals surface area contributed by atoms with Gasteiger partial charge in [-0.2, -0.15) is 0 Å². The Bertz CT molecular complexity index is 968. The molecule has 1 aliphatic rings. The number of anilines is 1. The zero-order valence-electron chi connectivity index (χ0n) is 14.0. The van der Waals surface area contributed by atoms with Crippen molar-refractivity contribution < 1.29 is 9.47 Å². The van der Waals surface area contributed by atoms with Gasteiger partial charge in [-0.15, -0.1) is 0 Å². The van der Waals surface area contributed by atoms with Crippen molar-refractivity contribution in [3.05, 3.63) is 58.9 Å². The second-order valence-electron chi connectivity index (χ2n) is 5.87. The van der Waals surface area contributed by atoms with Crippen molar-refractivity contribution in [1.82, 2.24) is 9.55 Å². The van der Waals surface area contributed by atoms with E-state index in [-0.39, 0.29) is 5.56 Å². The summed E-state index contributed by atoms with van der Waals surface area (Å²) in [6, 6.07) is 15.0. The highest BCUT2D eigenvalue weighted by atomic mass is 16.5. The molecular formula is C19H19N3O3. The van der Waals surface area contributed by atoms with Gasteiger partial charge in [-0.05, 0) is 24.3 Å². The summed E-state index contributed by atoms with van der Waals surface area (Å²) >= 11 is 0. The van der Waals surface area contributed by atoms with Crippen molar-refractivity contribution in [1.29, 1.82) is 0 Å². The third-order valence-corrected chi connectivity index (χ3v) is 4.41. The van der Waals surface area contributed by atoms with Gasteiger partial charge in [-0.3, -0.25) is 9.36 Å². The van der Waals surface area contributed by atoms with Gasteiger partial charge >= 0.3 is 0 Å². The molecule has 0 N–H and O–H groups in total. The number of hydrogen-bond acceptors (Lipinski definition) is 5. The van der Waals surface area contributed by atoms with Crippen molar-refractivity contribution in [3.63, 3.8) is 0 Å². The molecule has 0 saturated carbocycles. The quantitative estimate of drug-likeness (QED) is 0.715. The van der Waals surface area contributed by atoms with Gasteiger partial charge in [0.05, 0.1) is 24.6 Å². The fourth-order valence-electron chi connectivity index (χ4n) is 3.14. The van der Waals surface area contributed by atoms with Gasteiger partial charge in [-0.25, -0.2) is 4.98 Å². The first-order valence-electron chi connectivity index (χ1n) is 8.28. The van der Waals surface area contributed by atoms with E-state index < -0.39 is 0 Å². The van der Waals surface area contributed by atoms with Gasteiger partial charge in [0.15, 0.2) is 11.5 Å². The third-order valence-electron chi connectivity index (χ3n) is 4.41. The zero-order valence-corrected chi connectivity index (χ0v) is 14.0. The summed E-state index contributed by atoms with van der Waals surface area (Å²) in [6.45, 7) is 2.56. The number of nitrogens with zero attached hydrogens (tertiary/aromatic N) is 3. The fraction of sp³-hybridized carbons (Fsp3) is 0.263. The summed E-state index contributed by atoms with van der Waals surface area (Å²) < 4.78 is 12.9. The molecule has 128 valence electrons. The van der Waals surface area contributed by atoms with Crippen LogP contribution in [0.25, 0.3) is 10.9 Å². The highest BCUT2D eigenvalue weighted by Crippen LogP contribution is 2.26. The normalized spacial score (nSPS) is 13.1. The molecule has 0 amide bonds. The first-order chi connectivity index (χ1) is 12.3. The summed E-state index contributed by atoms with van der Waals surface area (Å²) in [4.78, 5) is 19.3. The van der Waals surface area contributed by atoms with Gasteiger partial charge in [0.25, 0.3) is 5.56 Å². The molecule has 1 aliphatic heterocycles. The smallest absolute Gasteiger partial charge is 0.262 e. The Balaban J connectivity index is 1.52. The maximum absolute atomic E-state index is 12.6. The van der Waals surface area contributed by atoms with Crippen molar-refractivity contribution >= 4 is 16.9 Å². The molecule has 0 unspecified atom stereocenters. The zero-order chi connectivity index (χ0) is 17.2. The van der Waals surface area contributed by atoms with Crippen LogP contribution in [0.2, 0.25) is 0 Å². The fourth-order valence-corrected chi connectivity index (χ4v) is 3.14. The number of fused-ring (bicyclic) bond motifs is 2. The average Bonchev–Trinajstić information content (AvgIpc) is 3.05. The Kier molecular flexibility index (Phi) is 4.01. The second kappa shape index (κ2) is 6.47. The van der Waals surface area contributed by atoms with Crippen molar-refractivity contribution in [3.8, 4) is 11.5 Å². The van der Waals surface area contributed by atoms with Gasteiger partial charge in [0, 0.05) is 13.1 Å². The molecule has 4 rings (SSSR count). The second-order valence-corrected chi connectivity index (χ2v) is 5.87. The summed E-state index contributed by atoms with van der Waals surface area (Å²) in [5.74, 6) is 2.14. The van der Waals surface area contributed by atoms with Crippen LogP contribution in [0.5, 0.6) is 11.5 Å². The molecule has 2 aromatic carbocycles. The maximum atomic E-state index is 12.6. The van der Waals surface area contributed by atoms with Crippen LogP contribution in [0.1, 0.15) is 0 Å². The molecule has 1 aromatic heterocycles. The van der Waals surface area contributed by atoms with Crippen LogP contribution in [0.3, 0.4) is 0 Å². The Morgan fingerprint density at radius 2 is 1.80 bits per heavy atom. The van der Waals surface area contributed by atoms with E-state index in [2.05, 4.69) is 9.88 Å². The lowest BCUT2D eigenvalue weighted by Gasteiger charge is -2.18. The molecular weight excluding hydrogens is 318 g/mol. The van der Waals surface area contributed by atoms with E-state index in [1.54, 1.807) is 11.7 Å². The number of rotatable bonds is 5. The number of benzene rings is 2. The SMILES string of the molecule is COc1ccccc1OCCN1CCn2c1nc1ccccc1c2=O. The largest absolute Gasteiger partial charge is 0.493 e. The molecule has 6 heteroatoms. The summed E-state index contributed by atoms with van der Waals surface area (Å²) in [7, 11) is 1.63. The standard InChI is InChI=1S/C19H19N3O3/c1-24-16-8-4-5-9-17(16)25-13-12-21-10-11-22-18(23)14-6-2-3-7-15(14)20-19(21)22/h2-9H,10-13H2,1H3. The van der Waals surface area contributed by atoms with E-state index in [0.29, 0.717) is 42.5 Å². The predicted molar refractivity (Wildman–Crippen MR) is 96.7 cm³/mol. The number of aromatic nitrogens is 2. The van der Waals surface area contributed by atoms with Crippen LogP contribution in [-0.4, -0.2) is 36.4 Å². The monoisotopic (exact) mass is 337 g/mol. The van der Waals surface area contributed by atoms with Gasteiger partial charge < -0.3 is 14.4 Å². The predicted octanol–water partition coefficient (Wildman–Crippen LogP) is 2.30. The lowest BCUT2D eigenvalue weighted by molar-refractivity contribution is 0.300. The Hall–Kier alpha value is -3.02. The van der Waals surface area contributed by atoms with Crippen molar-refractivity contribution in [2.24, 2.45) is 0 Å². The molecule has 0 spiro atoms. The molecule has 25 heavy (non-hydrogen) atoms. The highest BCUT2D eigenvalue weighted by molar-refractivity contribution is 5.78. The van der Waals surface area contributed by atoms with Crippen LogP contribution in [0.15, 0.2) is 53.3 Å². The number of hydrogen-bond donors (Lipinski definition) is 0. The first-order valence-corrected chi connectivity index (χ1v) is 8.28. The molecule has 3 aromatic rings. The topological polar surface area (TPSA) is 56.6 Å². The number of ether oxygens (including phenoxy) is 2. The van der Waals surface area contributed by atoms with Gasteiger partial charge in [-0.1, -0.05) is 24.3 Å². The van der Waals surface area contributed by atoms with Crippen LogP contribution >= 0.6 is 0 Å². The van der Waals surface area contributed by atoms with Crippen molar-refractivity contribution in [2.45, 2.75) is 6.54 Å². The lowest BCUT2D eigenvalue weighted by atomic mass is 10.2. The van der Waals surface area contributed by atoms with E-state index in [4.69, 9.17) is 9.47 Å². The minimum Gasteiger partial charge on any atom is -0.493 e. The van der Waals surface area contributed by atoms with E-state index in [0.717, 1.165) is 12.1 Å². The molecule has 0 radical (unpaired) electrons. The number of methoxy groups -OCH3 is 1. The average molecular weight is 337 g/mol. The van der Waals surface area contributed by atoms with E-state index in [1.165, 1.54) is 0 Å². The van der Waals surface area contributed by atoms with Gasteiger partial charge in [0.2, 0.25) is 5.95 Å².